The highest BCUT2D eigenvalue weighted by atomic mass is 16.4. The third-order valence-corrected chi connectivity index (χ3v) is 0.768. The van der Waals surface area contributed by atoms with Crippen LogP contribution in [0.15, 0.2) is 12.1 Å². The lowest BCUT2D eigenvalue weighted by atomic mass is 9.85. The van der Waals surface area contributed by atoms with Crippen molar-refractivity contribution in [1.29, 1.82) is 0 Å². The van der Waals surface area contributed by atoms with Gasteiger partial charge in [0.15, 0.2) is 0 Å². The lowest BCUT2D eigenvalue weighted by molar-refractivity contribution is 0.422. The summed E-state index contributed by atoms with van der Waals surface area (Å²) >= 11 is 0. The maximum Gasteiger partial charge on any atom is 0.480 e. The molecule has 0 unspecified atom stereocenters. The molecule has 2 nitrogen and oxygen atoms in total. The van der Waals surface area contributed by atoms with Gasteiger partial charge in [-0.2, -0.15) is 0 Å². The average molecular weight is 128 g/mol. The molecule has 0 fully saturated rings. The van der Waals surface area contributed by atoms with Crippen LogP contribution >= 0.6 is 0 Å². The van der Waals surface area contributed by atoms with Gasteiger partial charge < -0.3 is 10.0 Å². The van der Waals surface area contributed by atoms with Gasteiger partial charge in [0, 0.05) is 0 Å². The van der Waals surface area contributed by atoms with Gasteiger partial charge in [0.05, 0.1) is 0 Å². The van der Waals surface area contributed by atoms with Gasteiger partial charge in [0.25, 0.3) is 0 Å². The van der Waals surface area contributed by atoms with Crippen LogP contribution in [0.2, 0.25) is 0 Å². The summed E-state index contributed by atoms with van der Waals surface area (Å²) in [5.74, 6) is 1.36. The van der Waals surface area contributed by atoms with Crippen LogP contribution in [0.25, 0.3) is 0 Å². The molecule has 0 radical (unpaired) electrons. The molecule has 0 aliphatic rings. The predicted octanol–water partition coefficient (Wildman–Crippen LogP) is 0.601. The van der Waals surface area contributed by atoms with Gasteiger partial charge in [0.1, 0.15) is 0 Å². The minimum Gasteiger partial charge on any atom is -0.424 e. The van der Waals surface area contributed by atoms with Crippen molar-refractivity contribution < 1.29 is 10.0 Å². The number of hydrogen-bond donors (Lipinski definition) is 2. The first kappa shape index (κ1) is 8.72. The Hall–Kier alpha value is -0.275. The van der Waals surface area contributed by atoms with E-state index in [9.17, 15) is 0 Å². The van der Waals surface area contributed by atoms with E-state index in [1.807, 2.05) is 20.8 Å². The normalized spacial score (nSPS) is 12.6. The molecule has 0 amide bonds. The standard InChI is InChI=1S/C6H13BO2/c1-6(2,3)4-5-7(8)9/h4-5,8-9H,1-3H3/b5-4-. The molecule has 0 spiro atoms. The second kappa shape index (κ2) is 3.04. The first-order valence-electron chi connectivity index (χ1n) is 2.97. The van der Waals surface area contributed by atoms with E-state index in [1.165, 1.54) is 5.98 Å². The van der Waals surface area contributed by atoms with Crippen molar-refractivity contribution in [2.75, 3.05) is 0 Å². The van der Waals surface area contributed by atoms with Gasteiger partial charge in [-0.15, -0.1) is 0 Å². The third-order valence-electron chi connectivity index (χ3n) is 0.768. The van der Waals surface area contributed by atoms with Crippen molar-refractivity contribution in [3.8, 4) is 0 Å². The molecule has 2 N–H and O–H groups in total. The van der Waals surface area contributed by atoms with Crippen LogP contribution in [-0.4, -0.2) is 17.2 Å². The maximum absolute atomic E-state index is 8.38. The summed E-state index contributed by atoms with van der Waals surface area (Å²) in [4.78, 5) is 0. The molecule has 0 saturated carbocycles. The van der Waals surface area contributed by atoms with E-state index in [0.717, 1.165) is 0 Å². The molecule has 52 valence electrons. The Morgan fingerprint density at radius 3 is 1.78 bits per heavy atom. The topological polar surface area (TPSA) is 40.5 Å². The Balaban J connectivity index is 3.71. The lowest BCUT2D eigenvalue weighted by Gasteiger charge is -2.10. The maximum atomic E-state index is 8.38. The van der Waals surface area contributed by atoms with Crippen molar-refractivity contribution >= 4 is 7.12 Å². The zero-order valence-corrected chi connectivity index (χ0v) is 6.13. The van der Waals surface area contributed by atoms with E-state index in [-0.39, 0.29) is 5.41 Å². The van der Waals surface area contributed by atoms with Crippen LogP contribution in [0.3, 0.4) is 0 Å². The Labute approximate surface area is 56.4 Å². The van der Waals surface area contributed by atoms with Crippen LogP contribution in [-0.2, 0) is 0 Å². The SMILES string of the molecule is CC(C)(C)/C=C\B(O)O. The first-order chi connectivity index (χ1) is 3.92. The van der Waals surface area contributed by atoms with Crippen LogP contribution < -0.4 is 0 Å². The zero-order chi connectivity index (χ0) is 7.49. The highest BCUT2D eigenvalue weighted by molar-refractivity contribution is 6.47. The molecule has 0 rings (SSSR count). The van der Waals surface area contributed by atoms with E-state index >= 15 is 0 Å². The van der Waals surface area contributed by atoms with Crippen LogP contribution in [0, 0.1) is 5.41 Å². The third kappa shape index (κ3) is 7.72. The smallest absolute Gasteiger partial charge is 0.424 e. The van der Waals surface area contributed by atoms with Crippen molar-refractivity contribution in [2.45, 2.75) is 20.8 Å². The minimum absolute atomic E-state index is 0.0315. The highest BCUT2D eigenvalue weighted by Gasteiger charge is 2.06. The summed E-state index contributed by atoms with van der Waals surface area (Å²) in [6.45, 7) is 5.98. The fourth-order valence-corrected chi connectivity index (χ4v) is 0.375. The Bertz CT molecular complexity index is 102. The molecule has 0 heterocycles. The van der Waals surface area contributed by atoms with Gasteiger partial charge in [0.2, 0.25) is 0 Å². The second-order valence-corrected chi connectivity index (χ2v) is 3.14. The highest BCUT2D eigenvalue weighted by Crippen LogP contribution is 2.13. The number of allylic oxidation sites excluding steroid dienone is 1. The molecular weight excluding hydrogens is 115 g/mol. The molecule has 0 bridgehead atoms. The van der Waals surface area contributed by atoms with E-state index in [4.69, 9.17) is 10.0 Å². The van der Waals surface area contributed by atoms with E-state index < -0.39 is 7.12 Å². The van der Waals surface area contributed by atoms with Crippen LogP contribution in [0.1, 0.15) is 20.8 Å². The summed E-state index contributed by atoms with van der Waals surface area (Å²) in [5, 5.41) is 16.8. The molecule has 0 aliphatic heterocycles. The zero-order valence-electron chi connectivity index (χ0n) is 6.13. The molecule has 9 heavy (non-hydrogen) atoms. The summed E-state index contributed by atoms with van der Waals surface area (Å²) in [5.41, 5.74) is 0.0315. The van der Waals surface area contributed by atoms with E-state index in [2.05, 4.69) is 0 Å². The predicted molar refractivity (Wildman–Crippen MR) is 38.8 cm³/mol. The molecule has 0 saturated heterocycles. The minimum atomic E-state index is -1.32. The Morgan fingerprint density at radius 1 is 1.22 bits per heavy atom. The Morgan fingerprint density at radius 2 is 1.67 bits per heavy atom. The summed E-state index contributed by atoms with van der Waals surface area (Å²) in [6.07, 6.45) is 1.76. The van der Waals surface area contributed by atoms with Crippen molar-refractivity contribution in [2.24, 2.45) is 5.41 Å². The van der Waals surface area contributed by atoms with E-state index in [1.54, 1.807) is 6.08 Å². The lowest BCUT2D eigenvalue weighted by Crippen LogP contribution is -2.09. The van der Waals surface area contributed by atoms with Gasteiger partial charge in [-0.1, -0.05) is 32.8 Å². The summed E-state index contributed by atoms with van der Waals surface area (Å²) in [7, 11) is -1.32. The molecule has 0 aromatic rings. The number of hydrogen-bond acceptors (Lipinski definition) is 2. The first-order valence-corrected chi connectivity index (χ1v) is 2.97. The van der Waals surface area contributed by atoms with Crippen molar-refractivity contribution in [3.63, 3.8) is 0 Å². The second-order valence-electron chi connectivity index (χ2n) is 3.14. The average Bonchev–Trinajstić information content (AvgIpc) is 1.59. The molecule has 0 aliphatic carbocycles. The largest absolute Gasteiger partial charge is 0.480 e. The monoisotopic (exact) mass is 128 g/mol. The van der Waals surface area contributed by atoms with Crippen LogP contribution in [0.5, 0.6) is 0 Å². The van der Waals surface area contributed by atoms with Crippen molar-refractivity contribution in [3.05, 3.63) is 12.1 Å². The summed E-state index contributed by atoms with van der Waals surface area (Å²) < 4.78 is 0. The molecule has 3 heteroatoms. The van der Waals surface area contributed by atoms with Gasteiger partial charge in [-0.3, -0.25) is 0 Å². The fraction of sp³-hybridized carbons (Fsp3) is 0.667. The molecule has 0 atom stereocenters. The van der Waals surface area contributed by atoms with Crippen molar-refractivity contribution in [1.82, 2.24) is 0 Å². The fourth-order valence-electron chi connectivity index (χ4n) is 0.375. The number of rotatable bonds is 1. The summed E-state index contributed by atoms with van der Waals surface area (Å²) in [6, 6.07) is 0. The quantitative estimate of drug-likeness (QED) is 0.507. The molecule has 0 aromatic carbocycles. The molecule has 0 aromatic heterocycles. The van der Waals surface area contributed by atoms with Gasteiger partial charge in [-0.05, 0) is 5.41 Å². The van der Waals surface area contributed by atoms with Crippen LogP contribution in [0.4, 0.5) is 0 Å². The molecular formula is C6H13BO2. The van der Waals surface area contributed by atoms with E-state index in [0.29, 0.717) is 0 Å². The van der Waals surface area contributed by atoms with Gasteiger partial charge in [-0.25, -0.2) is 0 Å². The Kier molecular flexibility index (Phi) is 2.94. The van der Waals surface area contributed by atoms with Gasteiger partial charge >= 0.3 is 7.12 Å².